The fourth-order valence-electron chi connectivity index (χ4n) is 4.69. The Morgan fingerprint density at radius 2 is 1.81 bits per heavy atom. The first-order chi connectivity index (χ1) is 13.0. The predicted octanol–water partition coefficient (Wildman–Crippen LogP) is 4.47. The molecule has 1 fully saturated rings. The van der Waals surface area contributed by atoms with Crippen LogP contribution in [0.2, 0.25) is 0 Å². The van der Waals surface area contributed by atoms with E-state index in [2.05, 4.69) is 12.2 Å². The Morgan fingerprint density at radius 3 is 2.48 bits per heavy atom. The molecular weight excluding hydrogens is 336 g/mol. The molecule has 1 aliphatic heterocycles. The summed E-state index contributed by atoms with van der Waals surface area (Å²) in [5.41, 5.74) is 0.898. The van der Waals surface area contributed by atoms with E-state index in [0.717, 1.165) is 30.4 Å². The number of nitrogens with zero attached hydrogens (tertiary/aromatic N) is 1. The number of benzene rings is 1. The number of fused-ring (bicyclic) bond motifs is 1. The summed E-state index contributed by atoms with van der Waals surface area (Å²) in [5.74, 6) is -0.00209. The molecule has 2 unspecified atom stereocenters. The second-order valence-electron chi connectivity index (χ2n) is 8.56. The molecule has 0 aromatic heterocycles. The molecule has 148 valence electrons. The van der Waals surface area contributed by atoms with E-state index in [1.807, 2.05) is 43.0 Å². The van der Waals surface area contributed by atoms with Crippen LogP contribution in [-0.4, -0.2) is 34.3 Å². The number of nitrogens with one attached hydrogen (secondary N) is 1. The molecule has 1 heterocycles. The molecule has 0 saturated heterocycles. The van der Waals surface area contributed by atoms with Crippen molar-refractivity contribution in [2.24, 2.45) is 0 Å². The third-order valence-electron chi connectivity index (χ3n) is 6.49. The van der Waals surface area contributed by atoms with E-state index in [1.54, 1.807) is 0 Å². The van der Waals surface area contributed by atoms with Gasteiger partial charge >= 0.3 is 0 Å². The van der Waals surface area contributed by atoms with Gasteiger partial charge < -0.3 is 10.2 Å². The summed E-state index contributed by atoms with van der Waals surface area (Å²) in [7, 11) is 0. The van der Waals surface area contributed by atoms with Crippen LogP contribution in [0, 0.1) is 0 Å². The van der Waals surface area contributed by atoms with E-state index in [1.165, 1.54) is 32.1 Å². The molecule has 1 aromatic carbocycles. The Kier molecular flexibility index (Phi) is 6.23. The standard InChI is InChI=1S/C23H34N2O2/c1-4-17(2)25-21(26)20-15-11-10-12-18(20)16-23(25,3)22(27)24-19-13-8-6-5-7-9-14-19/h10-12,15,17,19H,4-9,13-14,16H2,1-3H3,(H,24,27). The highest BCUT2D eigenvalue weighted by Gasteiger charge is 2.48. The van der Waals surface area contributed by atoms with Crippen LogP contribution in [0.15, 0.2) is 24.3 Å². The Morgan fingerprint density at radius 1 is 1.19 bits per heavy atom. The maximum atomic E-state index is 13.5. The van der Waals surface area contributed by atoms with Gasteiger partial charge in [0.05, 0.1) is 0 Å². The Bertz CT molecular complexity index is 679. The lowest BCUT2D eigenvalue weighted by molar-refractivity contribution is -0.133. The molecular formula is C23H34N2O2. The predicted molar refractivity (Wildman–Crippen MR) is 109 cm³/mol. The van der Waals surface area contributed by atoms with Crippen molar-refractivity contribution in [3.05, 3.63) is 35.4 Å². The van der Waals surface area contributed by atoms with Gasteiger partial charge in [-0.2, -0.15) is 0 Å². The van der Waals surface area contributed by atoms with Gasteiger partial charge in [-0.25, -0.2) is 0 Å². The average Bonchev–Trinajstić information content (AvgIpc) is 2.63. The molecule has 2 atom stereocenters. The number of hydrogen-bond acceptors (Lipinski definition) is 2. The van der Waals surface area contributed by atoms with Crippen LogP contribution in [0.5, 0.6) is 0 Å². The van der Waals surface area contributed by atoms with Crippen LogP contribution in [-0.2, 0) is 11.2 Å². The number of carbonyl (C=O) groups excluding carboxylic acids is 2. The molecule has 2 amide bonds. The van der Waals surface area contributed by atoms with Gasteiger partial charge in [-0.1, -0.05) is 57.2 Å². The van der Waals surface area contributed by atoms with Gasteiger partial charge in [0.25, 0.3) is 5.91 Å². The summed E-state index contributed by atoms with van der Waals surface area (Å²) in [5, 5.41) is 3.32. The van der Waals surface area contributed by atoms with Crippen molar-refractivity contribution in [2.45, 2.75) is 96.2 Å². The number of carbonyl (C=O) groups is 2. The monoisotopic (exact) mass is 370 g/mol. The van der Waals surface area contributed by atoms with Gasteiger partial charge in [0.1, 0.15) is 5.54 Å². The topological polar surface area (TPSA) is 49.4 Å². The van der Waals surface area contributed by atoms with Crippen molar-refractivity contribution in [2.75, 3.05) is 0 Å². The number of hydrogen-bond donors (Lipinski definition) is 1. The van der Waals surface area contributed by atoms with Gasteiger partial charge in [-0.05, 0) is 44.7 Å². The fraction of sp³-hybridized carbons (Fsp3) is 0.652. The molecule has 3 rings (SSSR count). The second kappa shape index (κ2) is 8.45. The fourth-order valence-corrected chi connectivity index (χ4v) is 4.69. The van der Waals surface area contributed by atoms with E-state index in [4.69, 9.17) is 0 Å². The Balaban J connectivity index is 1.87. The second-order valence-corrected chi connectivity index (χ2v) is 8.56. The highest BCUT2D eigenvalue weighted by atomic mass is 16.2. The molecule has 4 nitrogen and oxygen atoms in total. The zero-order chi connectivity index (χ0) is 19.4. The van der Waals surface area contributed by atoms with Crippen LogP contribution in [0.4, 0.5) is 0 Å². The quantitative estimate of drug-likeness (QED) is 0.850. The first kappa shape index (κ1) is 19.9. The smallest absolute Gasteiger partial charge is 0.255 e. The first-order valence-electron chi connectivity index (χ1n) is 10.7. The lowest BCUT2D eigenvalue weighted by atomic mass is 9.81. The van der Waals surface area contributed by atoms with E-state index in [9.17, 15) is 9.59 Å². The summed E-state index contributed by atoms with van der Waals surface area (Å²) in [6.07, 6.45) is 9.70. The van der Waals surface area contributed by atoms with E-state index in [0.29, 0.717) is 6.42 Å². The SMILES string of the molecule is CCC(C)N1C(=O)c2ccccc2CC1(C)C(=O)NC1CCCCCCC1. The zero-order valence-electron chi connectivity index (χ0n) is 17.1. The van der Waals surface area contributed by atoms with E-state index in [-0.39, 0.29) is 23.9 Å². The van der Waals surface area contributed by atoms with E-state index >= 15 is 0 Å². The molecule has 0 radical (unpaired) electrons. The lowest BCUT2D eigenvalue weighted by Gasteiger charge is -2.47. The minimum Gasteiger partial charge on any atom is -0.351 e. The van der Waals surface area contributed by atoms with Crippen molar-refractivity contribution in [3.8, 4) is 0 Å². The van der Waals surface area contributed by atoms with Crippen molar-refractivity contribution in [3.63, 3.8) is 0 Å². The minimum atomic E-state index is -0.830. The molecule has 1 saturated carbocycles. The van der Waals surface area contributed by atoms with Crippen LogP contribution < -0.4 is 5.32 Å². The van der Waals surface area contributed by atoms with Gasteiger partial charge in [0, 0.05) is 24.1 Å². The highest BCUT2D eigenvalue weighted by molar-refractivity contribution is 6.02. The third-order valence-corrected chi connectivity index (χ3v) is 6.49. The van der Waals surface area contributed by atoms with Gasteiger partial charge in [-0.3, -0.25) is 9.59 Å². The number of rotatable bonds is 4. The van der Waals surface area contributed by atoms with Crippen LogP contribution >= 0.6 is 0 Å². The molecule has 1 aliphatic carbocycles. The van der Waals surface area contributed by atoms with Crippen molar-refractivity contribution in [1.82, 2.24) is 10.2 Å². The maximum Gasteiger partial charge on any atom is 0.255 e. The molecule has 27 heavy (non-hydrogen) atoms. The van der Waals surface area contributed by atoms with Crippen molar-refractivity contribution in [1.29, 1.82) is 0 Å². The Labute approximate surface area is 163 Å². The average molecular weight is 371 g/mol. The summed E-state index contributed by atoms with van der Waals surface area (Å²) in [6.45, 7) is 6.07. The van der Waals surface area contributed by atoms with Crippen LogP contribution in [0.1, 0.15) is 88.1 Å². The zero-order valence-corrected chi connectivity index (χ0v) is 17.1. The molecule has 4 heteroatoms. The van der Waals surface area contributed by atoms with Crippen LogP contribution in [0.3, 0.4) is 0 Å². The molecule has 0 spiro atoms. The maximum absolute atomic E-state index is 13.5. The highest BCUT2D eigenvalue weighted by Crippen LogP contribution is 2.34. The molecule has 1 aromatic rings. The van der Waals surface area contributed by atoms with Crippen LogP contribution in [0.25, 0.3) is 0 Å². The molecule has 1 N–H and O–H groups in total. The summed E-state index contributed by atoms with van der Waals surface area (Å²) in [6, 6.07) is 8.00. The normalized spacial score (nSPS) is 25.3. The summed E-state index contributed by atoms with van der Waals surface area (Å²) >= 11 is 0. The third kappa shape index (κ3) is 4.04. The minimum absolute atomic E-state index is 0.0104. The van der Waals surface area contributed by atoms with E-state index < -0.39 is 5.54 Å². The molecule has 0 bridgehead atoms. The first-order valence-corrected chi connectivity index (χ1v) is 10.7. The summed E-state index contributed by atoms with van der Waals surface area (Å²) < 4.78 is 0. The van der Waals surface area contributed by atoms with Crippen molar-refractivity contribution >= 4 is 11.8 Å². The van der Waals surface area contributed by atoms with Gasteiger partial charge in [0.2, 0.25) is 5.91 Å². The summed E-state index contributed by atoms with van der Waals surface area (Å²) in [4.78, 5) is 28.6. The lowest BCUT2D eigenvalue weighted by Crippen LogP contribution is -2.65. The van der Waals surface area contributed by atoms with Gasteiger partial charge in [0.15, 0.2) is 0 Å². The molecule has 2 aliphatic rings. The number of amides is 2. The van der Waals surface area contributed by atoms with Gasteiger partial charge in [-0.15, -0.1) is 0 Å². The van der Waals surface area contributed by atoms with Crippen molar-refractivity contribution < 1.29 is 9.59 Å². The largest absolute Gasteiger partial charge is 0.351 e. The Hall–Kier alpha value is -1.84.